The van der Waals surface area contributed by atoms with Crippen molar-refractivity contribution in [1.82, 2.24) is 0 Å². The van der Waals surface area contributed by atoms with Crippen LogP contribution in [-0.4, -0.2) is 11.7 Å². The minimum Gasteiger partial charge on any atom is -0.504 e. The molecule has 1 aromatic rings. The number of hydrogen-bond acceptors (Lipinski definition) is 3. The van der Waals surface area contributed by atoms with E-state index in [2.05, 4.69) is 20.8 Å². The fraction of sp³-hybridized carbons (Fsp3) is 0.250. The highest BCUT2D eigenvalue weighted by Gasteiger charge is 2.16. The van der Waals surface area contributed by atoms with Crippen LogP contribution in [0.4, 0.5) is 8.78 Å². The van der Waals surface area contributed by atoms with Crippen LogP contribution in [0.3, 0.4) is 0 Å². The van der Waals surface area contributed by atoms with E-state index >= 15 is 0 Å². The zero-order chi connectivity index (χ0) is 10.7. The smallest absolute Gasteiger partial charge is 0.201 e. The van der Waals surface area contributed by atoms with Gasteiger partial charge in [0.1, 0.15) is 0 Å². The zero-order valence-electron chi connectivity index (χ0n) is 7.06. The molecule has 0 saturated heterocycles. The highest BCUT2D eigenvalue weighted by Crippen LogP contribution is 2.30. The van der Waals surface area contributed by atoms with Gasteiger partial charge in [0.15, 0.2) is 11.6 Å². The lowest BCUT2D eigenvalue weighted by Crippen LogP contribution is -2.06. The molecule has 14 heavy (non-hydrogen) atoms. The number of benzene rings is 1. The summed E-state index contributed by atoms with van der Waals surface area (Å²) in [6, 6.07) is 1.28. The van der Waals surface area contributed by atoms with Crippen LogP contribution in [0.2, 0.25) is 0 Å². The zero-order valence-corrected chi connectivity index (χ0v) is 8.64. The third-order valence-electron chi connectivity index (χ3n) is 1.70. The van der Waals surface area contributed by atoms with Crippen molar-refractivity contribution in [3.05, 3.63) is 27.7 Å². The summed E-state index contributed by atoms with van der Waals surface area (Å²) < 4.78 is 26.2. The van der Waals surface area contributed by atoms with E-state index in [-0.39, 0.29) is 23.1 Å². The van der Waals surface area contributed by atoms with Crippen LogP contribution >= 0.6 is 15.9 Å². The lowest BCUT2D eigenvalue weighted by atomic mass is 10.1. The Kier molecular flexibility index (Phi) is 3.79. The predicted molar refractivity (Wildman–Crippen MR) is 49.6 cm³/mol. The maximum absolute atomic E-state index is 13.1. The molecule has 0 radical (unpaired) electrons. The number of rotatable bonds is 3. The summed E-state index contributed by atoms with van der Waals surface area (Å²) in [5.74, 6) is 1.67. The Hall–Kier alpha value is -0.720. The summed E-state index contributed by atoms with van der Waals surface area (Å²) in [5, 5.41) is 9.02. The molecule has 0 bridgehead atoms. The molecule has 0 heterocycles. The molecule has 3 N–H and O–H groups in total. The molecule has 0 fully saturated rings. The summed E-state index contributed by atoms with van der Waals surface area (Å²) in [4.78, 5) is 4.24. The van der Waals surface area contributed by atoms with Crippen molar-refractivity contribution in [2.24, 2.45) is 5.90 Å². The van der Waals surface area contributed by atoms with Gasteiger partial charge in [-0.15, -0.1) is 0 Å². The molecule has 0 atom stereocenters. The first-order valence-corrected chi connectivity index (χ1v) is 4.54. The topological polar surface area (TPSA) is 55.5 Å². The van der Waals surface area contributed by atoms with Crippen LogP contribution in [0.5, 0.6) is 5.75 Å². The summed E-state index contributed by atoms with van der Waals surface area (Å²) in [7, 11) is 0. The van der Waals surface area contributed by atoms with E-state index in [0.717, 1.165) is 0 Å². The minimum atomic E-state index is -1.27. The Morgan fingerprint density at radius 3 is 2.64 bits per heavy atom. The van der Waals surface area contributed by atoms with Crippen molar-refractivity contribution in [2.45, 2.75) is 6.42 Å². The number of aromatic hydroxyl groups is 1. The second-order valence-electron chi connectivity index (χ2n) is 2.61. The van der Waals surface area contributed by atoms with Crippen LogP contribution in [0.1, 0.15) is 5.56 Å². The maximum atomic E-state index is 13.1. The van der Waals surface area contributed by atoms with Crippen molar-refractivity contribution >= 4 is 15.9 Å². The van der Waals surface area contributed by atoms with Gasteiger partial charge in [0.05, 0.1) is 11.1 Å². The number of phenolic OH excluding ortho intramolecular Hbond substituents is 1. The van der Waals surface area contributed by atoms with E-state index in [1.165, 1.54) is 6.07 Å². The van der Waals surface area contributed by atoms with Gasteiger partial charge < -0.3 is 9.94 Å². The molecular formula is C8H8BrF2NO2. The van der Waals surface area contributed by atoms with E-state index in [0.29, 0.717) is 0 Å². The monoisotopic (exact) mass is 267 g/mol. The Morgan fingerprint density at radius 1 is 1.43 bits per heavy atom. The summed E-state index contributed by atoms with van der Waals surface area (Å²) in [6.07, 6.45) is 0.137. The fourth-order valence-corrected chi connectivity index (χ4v) is 1.44. The number of phenols is 1. The molecule has 0 aromatic heterocycles. The van der Waals surface area contributed by atoms with Gasteiger partial charge in [-0.25, -0.2) is 10.3 Å². The van der Waals surface area contributed by atoms with Crippen LogP contribution in [-0.2, 0) is 11.3 Å². The molecule has 0 aliphatic carbocycles. The van der Waals surface area contributed by atoms with E-state index in [1.54, 1.807) is 0 Å². The highest BCUT2D eigenvalue weighted by molar-refractivity contribution is 9.10. The van der Waals surface area contributed by atoms with E-state index in [1.807, 2.05) is 0 Å². The average Bonchev–Trinajstić information content (AvgIpc) is 2.18. The van der Waals surface area contributed by atoms with Crippen LogP contribution in [0, 0.1) is 11.6 Å². The number of halogens is 3. The largest absolute Gasteiger partial charge is 0.504 e. The van der Waals surface area contributed by atoms with E-state index in [4.69, 9.17) is 11.0 Å². The first-order chi connectivity index (χ1) is 6.57. The highest BCUT2D eigenvalue weighted by atomic mass is 79.9. The summed E-state index contributed by atoms with van der Waals surface area (Å²) in [6.45, 7) is 0.0770. The van der Waals surface area contributed by atoms with Crippen molar-refractivity contribution in [1.29, 1.82) is 0 Å². The van der Waals surface area contributed by atoms with Gasteiger partial charge in [-0.2, -0.15) is 4.39 Å². The Bertz CT molecular complexity index is 347. The van der Waals surface area contributed by atoms with Crippen LogP contribution in [0.15, 0.2) is 10.5 Å². The minimum absolute atomic E-state index is 0.0770. The van der Waals surface area contributed by atoms with Crippen molar-refractivity contribution in [2.75, 3.05) is 6.61 Å². The molecule has 0 unspecified atom stereocenters. The molecular weight excluding hydrogens is 260 g/mol. The number of hydrogen-bond donors (Lipinski definition) is 2. The Labute approximate surface area is 87.6 Å². The second kappa shape index (κ2) is 4.68. The molecule has 0 aliphatic rings. The average molecular weight is 268 g/mol. The van der Waals surface area contributed by atoms with Crippen molar-refractivity contribution < 1.29 is 18.7 Å². The fourth-order valence-electron chi connectivity index (χ4n) is 0.985. The van der Waals surface area contributed by atoms with Gasteiger partial charge in [0, 0.05) is 6.42 Å². The van der Waals surface area contributed by atoms with Crippen LogP contribution in [0.25, 0.3) is 0 Å². The summed E-state index contributed by atoms with van der Waals surface area (Å²) >= 11 is 2.89. The molecule has 1 rings (SSSR count). The predicted octanol–water partition coefficient (Wildman–Crippen LogP) is 1.87. The third-order valence-corrected chi connectivity index (χ3v) is 2.30. The molecule has 3 nitrogen and oxygen atoms in total. The molecule has 1 aromatic carbocycles. The van der Waals surface area contributed by atoms with Gasteiger partial charge in [-0.3, -0.25) is 0 Å². The van der Waals surface area contributed by atoms with Crippen LogP contribution < -0.4 is 5.90 Å². The van der Waals surface area contributed by atoms with Gasteiger partial charge in [0.2, 0.25) is 5.82 Å². The standard InChI is InChI=1S/C8H8BrF2NO2/c9-5-3-4(1-2-14-12)6(10)7(11)8(5)13/h3,13H,1-2,12H2. The van der Waals surface area contributed by atoms with Gasteiger partial charge >= 0.3 is 0 Å². The van der Waals surface area contributed by atoms with Gasteiger partial charge in [0.25, 0.3) is 0 Å². The quantitative estimate of drug-likeness (QED) is 0.650. The van der Waals surface area contributed by atoms with Gasteiger partial charge in [-0.1, -0.05) is 0 Å². The van der Waals surface area contributed by atoms with Crippen molar-refractivity contribution in [3.8, 4) is 5.75 Å². The molecule has 0 spiro atoms. The summed E-state index contributed by atoms with van der Waals surface area (Å²) in [5.41, 5.74) is 0.0950. The Balaban J connectivity index is 3.06. The Morgan fingerprint density at radius 2 is 2.07 bits per heavy atom. The third kappa shape index (κ3) is 2.20. The molecule has 6 heteroatoms. The number of nitrogens with two attached hydrogens (primary N) is 1. The lowest BCUT2D eigenvalue weighted by molar-refractivity contribution is 0.140. The second-order valence-corrected chi connectivity index (χ2v) is 3.47. The molecule has 0 amide bonds. The SMILES string of the molecule is NOCCc1cc(Br)c(O)c(F)c1F. The molecule has 0 saturated carbocycles. The first kappa shape index (κ1) is 11.4. The molecule has 0 aliphatic heterocycles. The normalized spacial score (nSPS) is 10.6. The lowest BCUT2D eigenvalue weighted by Gasteiger charge is -2.06. The van der Waals surface area contributed by atoms with E-state index in [9.17, 15) is 8.78 Å². The maximum Gasteiger partial charge on any atom is 0.201 e. The van der Waals surface area contributed by atoms with E-state index < -0.39 is 17.4 Å². The molecule has 78 valence electrons. The van der Waals surface area contributed by atoms with Crippen molar-refractivity contribution in [3.63, 3.8) is 0 Å². The van der Waals surface area contributed by atoms with Gasteiger partial charge in [-0.05, 0) is 27.6 Å². The first-order valence-electron chi connectivity index (χ1n) is 3.75.